The van der Waals surface area contributed by atoms with Crippen LogP contribution in [0.15, 0.2) is 18.2 Å². The first-order valence-electron chi connectivity index (χ1n) is 12.0. The summed E-state index contributed by atoms with van der Waals surface area (Å²) in [5.41, 5.74) is 3.21. The van der Waals surface area contributed by atoms with Crippen molar-refractivity contribution in [3.05, 3.63) is 45.1 Å². The number of anilines is 3. The van der Waals surface area contributed by atoms with Crippen LogP contribution in [-0.4, -0.2) is 47.1 Å². The molecule has 0 unspecified atom stereocenters. The standard InChI is InChI=1S/C24H33N7O3/c1-15-7-6-10-20(31(33)34)21(15)28-24(32)26-17-13-11-16(12-14-17)25-23-27-19-9-5-4-8-18(19)22(29-23)30(2)3/h6-7,10,16-17H,4-5,8-9,11-14H2,1-3H3,(H,25,27,29)(H2,26,28,32). The Balaban J connectivity index is 1.33. The topological polar surface area (TPSA) is 125 Å². The molecule has 0 spiro atoms. The predicted octanol–water partition coefficient (Wildman–Crippen LogP) is 4.18. The highest BCUT2D eigenvalue weighted by atomic mass is 16.6. The van der Waals surface area contributed by atoms with Crippen molar-refractivity contribution in [1.82, 2.24) is 15.3 Å². The molecule has 0 atom stereocenters. The normalized spacial score (nSPS) is 19.6. The number of rotatable bonds is 6. The van der Waals surface area contributed by atoms with Gasteiger partial charge in [0.05, 0.1) is 10.6 Å². The summed E-state index contributed by atoms with van der Waals surface area (Å²) in [4.78, 5) is 35.0. The van der Waals surface area contributed by atoms with Gasteiger partial charge in [0, 0.05) is 37.8 Å². The van der Waals surface area contributed by atoms with Gasteiger partial charge >= 0.3 is 6.03 Å². The van der Waals surface area contributed by atoms with Gasteiger partial charge in [0.15, 0.2) is 0 Å². The molecule has 2 aliphatic carbocycles. The third-order valence-corrected chi connectivity index (χ3v) is 6.67. The number of carbonyl (C=O) groups excluding carboxylic acids is 1. The van der Waals surface area contributed by atoms with E-state index in [1.165, 1.54) is 24.5 Å². The lowest BCUT2D eigenvalue weighted by Gasteiger charge is -2.30. The molecule has 1 aromatic heterocycles. The van der Waals surface area contributed by atoms with E-state index in [1.807, 2.05) is 14.1 Å². The molecule has 10 nitrogen and oxygen atoms in total. The van der Waals surface area contributed by atoms with Crippen molar-refractivity contribution in [2.45, 2.75) is 70.4 Å². The predicted molar refractivity (Wildman–Crippen MR) is 133 cm³/mol. The minimum absolute atomic E-state index is 0.0166. The summed E-state index contributed by atoms with van der Waals surface area (Å²) in [7, 11) is 4.04. The number of benzene rings is 1. The van der Waals surface area contributed by atoms with Crippen molar-refractivity contribution in [3.63, 3.8) is 0 Å². The summed E-state index contributed by atoms with van der Waals surface area (Å²) in [5, 5.41) is 20.4. The Morgan fingerprint density at radius 3 is 2.50 bits per heavy atom. The second-order valence-electron chi connectivity index (χ2n) is 9.42. The molecular weight excluding hydrogens is 434 g/mol. The number of nitrogens with one attached hydrogen (secondary N) is 3. The highest BCUT2D eigenvalue weighted by Gasteiger charge is 2.26. The van der Waals surface area contributed by atoms with Crippen LogP contribution in [0, 0.1) is 17.0 Å². The molecule has 0 bridgehead atoms. The summed E-state index contributed by atoms with van der Waals surface area (Å²) in [5.74, 6) is 1.69. The number of urea groups is 1. The Kier molecular flexibility index (Phi) is 7.14. The number of nitro benzene ring substituents is 1. The van der Waals surface area contributed by atoms with Gasteiger partial charge in [-0.15, -0.1) is 0 Å². The van der Waals surface area contributed by atoms with Crippen LogP contribution >= 0.6 is 0 Å². The minimum atomic E-state index is -0.482. The number of fused-ring (bicyclic) bond motifs is 1. The molecule has 0 saturated heterocycles. The maximum Gasteiger partial charge on any atom is 0.319 e. The van der Waals surface area contributed by atoms with Crippen molar-refractivity contribution in [2.24, 2.45) is 0 Å². The van der Waals surface area contributed by atoms with Gasteiger partial charge in [0.25, 0.3) is 5.69 Å². The smallest absolute Gasteiger partial charge is 0.319 e. The van der Waals surface area contributed by atoms with Crippen molar-refractivity contribution >= 4 is 29.2 Å². The Morgan fingerprint density at radius 2 is 1.79 bits per heavy atom. The number of amides is 2. The molecular formula is C24H33N7O3. The largest absolute Gasteiger partial charge is 0.362 e. The van der Waals surface area contributed by atoms with Crippen molar-refractivity contribution in [1.29, 1.82) is 0 Å². The molecule has 1 aromatic carbocycles. The number of hydrogen-bond donors (Lipinski definition) is 3. The third kappa shape index (κ3) is 5.37. The summed E-state index contributed by atoms with van der Waals surface area (Å²) >= 11 is 0. The van der Waals surface area contributed by atoms with E-state index in [1.54, 1.807) is 19.1 Å². The van der Waals surface area contributed by atoms with E-state index in [0.29, 0.717) is 11.5 Å². The van der Waals surface area contributed by atoms with Crippen LogP contribution in [0.25, 0.3) is 0 Å². The number of para-hydroxylation sites is 1. The molecule has 1 heterocycles. The first kappa shape index (κ1) is 23.7. The van der Waals surface area contributed by atoms with E-state index in [2.05, 4.69) is 20.9 Å². The third-order valence-electron chi connectivity index (χ3n) is 6.67. The molecule has 4 rings (SSSR count). The highest BCUT2D eigenvalue weighted by molar-refractivity contribution is 5.93. The van der Waals surface area contributed by atoms with Crippen molar-refractivity contribution < 1.29 is 9.72 Å². The Hall–Kier alpha value is -3.43. The Bertz CT molecular complexity index is 1060. The van der Waals surface area contributed by atoms with Crippen LogP contribution in [0.3, 0.4) is 0 Å². The first-order chi connectivity index (χ1) is 16.3. The van der Waals surface area contributed by atoms with Crippen molar-refractivity contribution in [3.8, 4) is 0 Å². The van der Waals surface area contributed by atoms with Crippen molar-refractivity contribution in [2.75, 3.05) is 29.6 Å². The molecule has 1 saturated carbocycles. The summed E-state index contributed by atoms with van der Waals surface area (Å²) < 4.78 is 0. The lowest BCUT2D eigenvalue weighted by Crippen LogP contribution is -2.42. The van der Waals surface area contributed by atoms with E-state index in [4.69, 9.17) is 9.97 Å². The Morgan fingerprint density at radius 1 is 1.09 bits per heavy atom. The highest BCUT2D eigenvalue weighted by Crippen LogP contribution is 2.30. The maximum absolute atomic E-state index is 12.5. The van der Waals surface area contributed by atoms with Crippen LogP contribution in [0.2, 0.25) is 0 Å². The molecule has 2 aliphatic rings. The van der Waals surface area contributed by atoms with Crippen LogP contribution in [0.4, 0.5) is 27.9 Å². The van der Waals surface area contributed by atoms with E-state index in [9.17, 15) is 14.9 Å². The number of nitro groups is 1. The molecule has 0 radical (unpaired) electrons. The number of aromatic nitrogens is 2. The van der Waals surface area contributed by atoms with Gasteiger partial charge in [-0.3, -0.25) is 10.1 Å². The SMILES string of the molecule is Cc1cccc([N+](=O)[O-])c1NC(=O)NC1CCC(Nc2nc3c(c(N(C)C)n2)CCCC3)CC1. The lowest BCUT2D eigenvalue weighted by molar-refractivity contribution is -0.384. The van der Waals surface area contributed by atoms with Crippen LogP contribution in [0.1, 0.15) is 55.3 Å². The van der Waals surface area contributed by atoms with Gasteiger partial charge in [0.1, 0.15) is 11.5 Å². The molecule has 10 heteroatoms. The zero-order valence-corrected chi connectivity index (χ0v) is 20.1. The van der Waals surface area contributed by atoms with E-state index < -0.39 is 11.0 Å². The monoisotopic (exact) mass is 467 g/mol. The van der Waals surface area contributed by atoms with Gasteiger partial charge in [-0.1, -0.05) is 12.1 Å². The van der Waals surface area contributed by atoms with E-state index in [0.717, 1.165) is 50.0 Å². The van der Waals surface area contributed by atoms with Crippen LogP contribution in [0.5, 0.6) is 0 Å². The van der Waals surface area contributed by atoms with Crippen LogP contribution < -0.4 is 20.9 Å². The molecule has 3 N–H and O–H groups in total. The fourth-order valence-corrected chi connectivity index (χ4v) is 4.88. The summed E-state index contributed by atoms with van der Waals surface area (Å²) in [6.45, 7) is 1.74. The zero-order chi connectivity index (χ0) is 24.2. The Labute approximate surface area is 199 Å². The second kappa shape index (κ2) is 10.2. The zero-order valence-electron chi connectivity index (χ0n) is 20.1. The lowest BCUT2D eigenvalue weighted by atomic mass is 9.91. The van der Waals surface area contributed by atoms with Gasteiger partial charge < -0.3 is 20.9 Å². The minimum Gasteiger partial charge on any atom is -0.362 e. The molecule has 2 aromatic rings. The fourth-order valence-electron chi connectivity index (χ4n) is 4.88. The summed E-state index contributed by atoms with van der Waals surface area (Å²) in [6.07, 6.45) is 7.78. The van der Waals surface area contributed by atoms with Gasteiger partial charge in [-0.05, 0) is 63.9 Å². The molecule has 34 heavy (non-hydrogen) atoms. The molecule has 2 amide bonds. The first-order valence-corrected chi connectivity index (χ1v) is 12.0. The van der Waals surface area contributed by atoms with Crippen LogP contribution in [-0.2, 0) is 12.8 Å². The number of carbonyl (C=O) groups is 1. The summed E-state index contributed by atoms with van der Waals surface area (Å²) in [6, 6.07) is 4.59. The average Bonchev–Trinajstić information content (AvgIpc) is 2.81. The molecule has 182 valence electrons. The molecule has 1 fully saturated rings. The van der Waals surface area contributed by atoms with Gasteiger partial charge in [-0.2, -0.15) is 4.98 Å². The number of aryl methyl sites for hydroxylation is 2. The number of hydrogen-bond acceptors (Lipinski definition) is 7. The average molecular weight is 468 g/mol. The van der Waals surface area contributed by atoms with Gasteiger partial charge in [-0.25, -0.2) is 9.78 Å². The second-order valence-corrected chi connectivity index (χ2v) is 9.42. The maximum atomic E-state index is 12.5. The number of nitrogens with zero attached hydrogens (tertiary/aromatic N) is 4. The molecule has 0 aliphatic heterocycles. The van der Waals surface area contributed by atoms with Gasteiger partial charge in [0.2, 0.25) is 5.95 Å². The van der Waals surface area contributed by atoms with E-state index >= 15 is 0 Å². The quantitative estimate of drug-likeness (QED) is 0.430. The fraction of sp³-hybridized carbons (Fsp3) is 0.542. The van der Waals surface area contributed by atoms with E-state index in [-0.39, 0.29) is 23.5 Å².